The summed E-state index contributed by atoms with van der Waals surface area (Å²) in [4.78, 5) is 31.7. The molecular formula is C23H29GeN3O5. The van der Waals surface area contributed by atoms with Crippen molar-refractivity contribution in [3.8, 4) is 0 Å². The van der Waals surface area contributed by atoms with E-state index in [9.17, 15) is 9.59 Å². The van der Waals surface area contributed by atoms with Crippen LogP contribution in [0.5, 0.6) is 0 Å². The van der Waals surface area contributed by atoms with E-state index in [2.05, 4.69) is 13.9 Å². The van der Waals surface area contributed by atoms with Gasteiger partial charge >= 0.3 is 149 Å². The van der Waals surface area contributed by atoms with Gasteiger partial charge in [0, 0.05) is 5.56 Å². The molecule has 1 N–H and O–H groups in total. The maximum atomic E-state index is 13.1. The molecule has 2 aromatic carbocycles. The van der Waals surface area contributed by atoms with Crippen LogP contribution in [0.4, 0.5) is 5.69 Å². The second kappa shape index (κ2) is 12.1. The van der Waals surface area contributed by atoms with E-state index in [1.165, 1.54) is 0 Å². The van der Waals surface area contributed by atoms with Crippen LogP contribution in [-0.4, -0.2) is 81.9 Å². The number of nitrogens with zero attached hydrogens (tertiary/aromatic N) is 3. The van der Waals surface area contributed by atoms with Crippen molar-refractivity contribution in [3.05, 3.63) is 60.2 Å². The number of amides is 2. The molecule has 32 heavy (non-hydrogen) atoms. The summed E-state index contributed by atoms with van der Waals surface area (Å²) in [5.41, 5.74) is 1.55. The van der Waals surface area contributed by atoms with Gasteiger partial charge in [-0.2, -0.15) is 0 Å². The Morgan fingerprint density at radius 1 is 1.06 bits per heavy atom. The molecule has 170 valence electrons. The number of carbonyl (C=O) groups excluding carboxylic acids is 2. The van der Waals surface area contributed by atoms with Crippen LogP contribution >= 0.6 is 0 Å². The maximum absolute atomic E-state index is 13.1. The first-order valence-electron chi connectivity index (χ1n) is 10.7. The van der Waals surface area contributed by atoms with E-state index in [0.717, 1.165) is 23.2 Å². The molecule has 0 aliphatic carbocycles. The van der Waals surface area contributed by atoms with Crippen LogP contribution < -0.4 is 9.30 Å². The average molecular weight is 500 g/mol. The second-order valence-corrected chi connectivity index (χ2v) is 9.74. The zero-order valence-electron chi connectivity index (χ0n) is 18.4. The molecular weight excluding hydrogens is 471 g/mol. The zero-order valence-corrected chi connectivity index (χ0v) is 20.5. The first-order chi connectivity index (χ1) is 15.5. The SMILES string of the molecule is CCN(C(=O)C(C)CN1CCN(C(=O)c2ccccc2)CC1)c1cc[c]([Ge][O]OO)cc1. The molecule has 0 spiro atoms. The van der Waals surface area contributed by atoms with Crippen molar-refractivity contribution in [2.45, 2.75) is 13.8 Å². The van der Waals surface area contributed by atoms with E-state index < -0.39 is 15.8 Å². The molecule has 8 nitrogen and oxygen atoms in total. The molecule has 1 fully saturated rings. The van der Waals surface area contributed by atoms with Gasteiger partial charge in [-0.25, -0.2) is 0 Å². The van der Waals surface area contributed by atoms with Crippen molar-refractivity contribution >= 4 is 37.7 Å². The Labute approximate surface area is 195 Å². The van der Waals surface area contributed by atoms with Gasteiger partial charge in [-0.3, -0.25) is 4.79 Å². The number of rotatable bonds is 9. The summed E-state index contributed by atoms with van der Waals surface area (Å²) in [7, 11) is 0. The number of hydrogen-bond acceptors (Lipinski definition) is 6. The second-order valence-electron chi connectivity index (χ2n) is 7.75. The summed E-state index contributed by atoms with van der Waals surface area (Å²) >= 11 is -1.02. The summed E-state index contributed by atoms with van der Waals surface area (Å²) in [6.45, 7) is 8.00. The van der Waals surface area contributed by atoms with Crippen LogP contribution in [0.2, 0.25) is 0 Å². The molecule has 2 radical (unpaired) electrons. The van der Waals surface area contributed by atoms with Crippen LogP contribution in [0.3, 0.4) is 0 Å². The van der Waals surface area contributed by atoms with E-state index in [-0.39, 0.29) is 17.7 Å². The standard InChI is InChI=1S/C23H29GeN3O5/c1-3-27(21-11-9-20(10-12-21)24-31-32-30)22(28)18(2)17-25-13-15-26(16-14-25)23(29)19-7-5-4-6-8-19/h4-12,18,30H,3,13-17H2,1-2H3. The monoisotopic (exact) mass is 501 g/mol. The molecule has 0 bridgehead atoms. The fourth-order valence-electron chi connectivity index (χ4n) is 3.87. The van der Waals surface area contributed by atoms with E-state index in [1.54, 1.807) is 4.90 Å². The van der Waals surface area contributed by atoms with Crippen molar-refractivity contribution in [1.82, 2.24) is 9.80 Å². The molecule has 2 amide bonds. The van der Waals surface area contributed by atoms with Crippen LogP contribution in [0.1, 0.15) is 24.2 Å². The molecule has 1 unspecified atom stereocenters. The fourth-order valence-corrected chi connectivity index (χ4v) is 4.79. The topological polar surface area (TPSA) is 82.6 Å². The first kappa shape index (κ1) is 24.4. The summed E-state index contributed by atoms with van der Waals surface area (Å²) < 4.78 is 5.58. The summed E-state index contributed by atoms with van der Waals surface area (Å²) in [6, 6.07) is 16.9. The number of piperazine rings is 1. The molecule has 2 aromatic rings. The van der Waals surface area contributed by atoms with Crippen molar-refractivity contribution < 1.29 is 23.8 Å². The van der Waals surface area contributed by atoms with Crippen molar-refractivity contribution in [3.63, 3.8) is 0 Å². The average Bonchev–Trinajstić information content (AvgIpc) is 2.84. The van der Waals surface area contributed by atoms with Crippen LogP contribution in [0.15, 0.2) is 54.6 Å². The van der Waals surface area contributed by atoms with Crippen LogP contribution in [0, 0.1) is 5.92 Å². The van der Waals surface area contributed by atoms with E-state index in [0.29, 0.717) is 31.7 Å². The quantitative estimate of drug-likeness (QED) is 0.322. The Balaban J connectivity index is 1.52. The fraction of sp³-hybridized carbons (Fsp3) is 0.391. The summed E-state index contributed by atoms with van der Waals surface area (Å²) in [6.07, 6.45) is 0. The van der Waals surface area contributed by atoms with E-state index in [1.807, 2.05) is 73.3 Å². The van der Waals surface area contributed by atoms with Crippen LogP contribution in [-0.2, 0) is 13.7 Å². The van der Waals surface area contributed by atoms with Crippen molar-refractivity contribution in [2.75, 3.05) is 44.2 Å². The van der Waals surface area contributed by atoms with Gasteiger partial charge in [0.05, 0.1) is 0 Å². The molecule has 1 atom stereocenters. The molecule has 3 rings (SSSR count). The Hall–Kier alpha value is -2.24. The van der Waals surface area contributed by atoms with Gasteiger partial charge in [0.1, 0.15) is 0 Å². The summed E-state index contributed by atoms with van der Waals surface area (Å²) in [5, 5.41) is 12.0. The third kappa shape index (κ3) is 6.39. The number of carbonyl (C=O) groups is 2. The number of anilines is 1. The Morgan fingerprint density at radius 2 is 1.72 bits per heavy atom. The minimum absolute atomic E-state index is 0.0636. The first-order valence-corrected chi connectivity index (χ1v) is 12.6. The van der Waals surface area contributed by atoms with E-state index in [4.69, 9.17) is 5.26 Å². The molecule has 1 heterocycles. The normalized spacial score (nSPS) is 15.4. The third-order valence-electron chi connectivity index (χ3n) is 5.59. The van der Waals surface area contributed by atoms with Gasteiger partial charge in [0.25, 0.3) is 5.91 Å². The van der Waals surface area contributed by atoms with Gasteiger partial charge in [0.2, 0.25) is 0 Å². The van der Waals surface area contributed by atoms with Crippen molar-refractivity contribution in [1.29, 1.82) is 0 Å². The Bertz CT molecular complexity index is 873. The molecule has 1 aliphatic rings. The van der Waals surface area contributed by atoms with Gasteiger partial charge in [-0.05, 0) is 12.1 Å². The van der Waals surface area contributed by atoms with E-state index >= 15 is 0 Å². The third-order valence-corrected chi connectivity index (χ3v) is 7.12. The predicted molar refractivity (Wildman–Crippen MR) is 123 cm³/mol. The molecule has 0 aromatic heterocycles. The van der Waals surface area contributed by atoms with Gasteiger partial charge in [0.15, 0.2) is 0 Å². The number of benzene rings is 2. The van der Waals surface area contributed by atoms with Gasteiger partial charge in [-0.1, -0.05) is 18.2 Å². The van der Waals surface area contributed by atoms with Crippen molar-refractivity contribution in [2.24, 2.45) is 5.92 Å². The molecule has 1 aliphatic heterocycles. The Morgan fingerprint density at radius 3 is 2.31 bits per heavy atom. The zero-order chi connectivity index (χ0) is 22.9. The number of hydrogen-bond donors (Lipinski definition) is 1. The van der Waals surface area contributed by atoms with Gasteiger partial charge < -0.3 is 0 Å². The summed E-state index contributed by atoms with van der Waals surface area (Å²) in [5.74, 6) is -0.0201. The molecule has 1 saturated heterocycles. The van der Waals surface area contributed by atoms with Crippen LogP contribution in [0.25, 0.3) is 0 Å². The van der Waals surface area contributed by atoms with Gasteiger partial charge in [-0.15, -0.1) is 0 Å². The molecule has 0 saturated carbocycles. The minimum atomic E-state index is -1.02. The predicted octanol–water partition coefficient (Wildman–Crippen LogP) is 1.80. The molecule has 9 heteroatoms. The Kier molecular flexibility index (Phi) is 9.25.